The monoisotopic (exact) mass is 262 g/mol. The van der Waals surface area contributed by atoms with E-state index >= 15 is 0 Å². The first-order chi connectivity index (χ1) is 8.56. The third-order valence-corrected chi connectivity index (χ3v) is 2.95. The molecule has 0 fully saturated rings. The summed E-state index contributed by atoms with van der Waals surface area (Å²) >= 11 is 1.18. The van der Waals surface area contributed by atoms with Gasteiger partial charge in [-0.3, -0.25) is 14.9 Å². The maximum Gasteiger partial charge on any atom is 0.257 e. The smallest absolute Gasteiger partial charge is 0.257 e. The average Bonchev–Trinajstić information content (AvgIpc) is 2.77. The van der Waals surface area contributed by atoms with Crippen LogP contribution in [0.2, 0.25) is 0 Å². The predicted molar refractivity (Wildman–Crippen MR) is 68.2 cm³/mol. The van der Waals surface area contributed by atoms with Crippen molar-refractivity contribution < 1.29 is 14.7 Å². The van der Waals surface area contributed by atoms with Crippen molar-refractivity contribution in [1.82, 2.24) is 4.98 Å². The number of aromatic hydroxyl groups is 1. The fourth-order valence-electron chi connectivity index (χ4n) is 1.31. The summed E-state index contributed by atoms with van der Waals surface area (Å²) in [5.74, 6) is -0.509. The van der Waals surface area contributed by atoms with Crippen LogP contribution < -0.4 is 5.32 Å². The van der Waals surface area contributed by atoms with Crippen LogP contribution in [-0.4, -0.2) is 21.8 Å². The van der Waals surface area contributed by atoms with Crippen LogP contribution in [0.25, 0.3) is 0 Å². The van der Waals surface area contributed by atoms with Crippen LogP contribution >= 0.6 is 11.3 Å². The van der Waals surface area contributed by atoms with Crippen LogP contribution in [0.4, 0.5) is 5.13 Å². The van der Waals surface area contributed by atoms with Gasteiger partial charge in [-0.25, -0.2) is 4.98 Å². The van der Waals surface area contributed by atoms with Crippen molar-refractivity contribution in [3.63, 3.8) is 0 Å². The highest BCUT2D eigenvalue weighted by molar-refractivity contribution is 7.14. The lowest BCUT2D eigenvalue weighted by Crippen LogP contribution is -2.11. The first-order valence-corrected chi connectivity index (χ1v) is 6.01. The molecule has 2 N–H and O–H groups in total. The van der Waals surface area contributed by atoms with Gasteiger partial charge in [0.1, 0.15) is 11.4 Å². The van der Waals surface area contributed by atoms with Gasteiger partial charge in [0.2, 0.25) is 0 Å². The number of carbonyl (C=O) groups is 2. The zero-order valence-corrected chi connectivity index (χ0v) is 10.3. The Hall–Kier alpha value is -2.21. The Kier molecular flexibility index (Phi) is 3.38. The molecule has 0 saturated carbocycles. The van der Waals surface area contributed by atoms with E-state index in [9.17, 15) is 14.7 Å². The molecule has 1 aromatic heterocycles. The lowest BCUT2D eigenvalue weighted by Gasteiger charge is -2.01. The highest BCUT2D eigenvalue weighted by Gasteiger charge is 2.11. The van der Waals surface area contributed by atoms with Crippen molar-refractivity contribution in [3.05, 3.63) is 40.9 Å². The van der Waals surface area contributed by atoms with Crippen molar-refractivity contribution in [2.24, 2.45) is 0 Å². The topological polar surface area (TPSA) is 79.3 Å². The number of nitrogens with one attached hydrogen (secondary N) is 1. The summed E-state index contributed by atoms with van der Waals surface area (Å²) in [6.45, 7) is 1.41. The molecule has 92 valence electrons. The fraction of sp³-hybridized carbons (Fsp3) is 0.0833. The molecule has 2 aromatic rings. The number of nitrogens with zero attached hydrogens (tertiary/aromatic N) is 1. The number of aromatic nitrogens is 1. The van der Waals surface area contributed by atoms with E-state index in [2.05, 4.69) is 10.3 Å². The van der Waals surface area contributed by atoms with Crippen LogP contribution in [0.15, 0.2) is 29.6 Å². The van der Waals surface area contributed by atoms with Gasteiger partial charge >= 0.3 is 0 Å². The van der Waals surface area contributed by atoms with Crippen LogP contribution in [0, 0.1) is 0 Å². The Bertz CT molecular complexity index is 607. The van der Waals surface area contributed by atoms with Gasteiger partial charge in [-0.1, -0.05) is 6.07 Å². The minimum Gasteiger partial charge on any atom is -0.508 e. The molecule has 6 heteroatoms. The van der Waals surface area contributed by atoms with Gasteiger partial charge in [-0.15, -0.1) is 11.3 Å². The summed E-state index contributed by atoms with van der Waals surface area (Å²) in [5.41, 5.74) is 0.654. The van der Waals surface area contributed by atoms with Crippen LogP contribution in [0.5, 0.6) is 5.75 Å². The van der Waals surface area contributed by atoms with Crippen LogP contribution in [-0.2, 0) is 0 Å². The Labute approximate surface area is 107 Å². The second-order valence-electron chi connectivity index (χ2n) is 3.60. The quantitative estimate of drug-likeness (QED) is 0.832. The van der Waals surface area contributed by atoms with Gasteiger partial charge in [0.15, 0.2) is 10.9 Å². The van der Waals surface area contributed by atoms with E-state index in [4.69, 9.17) is 0 Å². The molecule has 0 aliphatic heterocycles. The van der Waals surface area contributed by atoms with Crippen molar-refractivity contribution in [1.29, 1.82) is 0 Å². The Morgan fingerprint density at radius 2 is 2.17 bits per heavy atom. The molecular formula is C12H10N2O3S. The number of Topliss-reactive ketones (excluding diaryl/α,β-unsaturated/α-hetero) is 1. The minimum absolute atomic E-state index is 0.0196. The second-order valence-corrected chi connectivity index (χ2v) is 4.46. The molecular weight excluding hydrogens is 252 g/mol. The van der Waals surface area contributed by atoms with E-state index < -0.39 is 0 Å². The molecule has 1 amide bonds. The minimum atomic E-state index is -0.379. The van der Waals surface area contributed by atoms with E-state index in [1.54, 1.807) is 17.5 Å². The largest absolute Gasteiger partial charge is 0.508 e. The number of hydrogen-bond acceptors (Lipinski definition) is 5. The van der Waals surface area contributed by atoms with Gasteiger partial charge < -0.3 is 5.11 Å². The van der Waals surface area contributed by atoms with Crippen LogP contribution in [0.1, 0.15) is 27.8 Å². The predicted octanol–water partition coefficient (Wildman–Crippen LogP) is 2.30. The molecule has 0 radical (unpaired) electrons. The Morgan fingerprint density at radius 1 is 1.39 bits per heavy atom. The number of rotatable bonds is 3. The molecule has 1 heterocycles. The summed E-state index contributed by atoms with van der Waals surface area (Å²) in [7, 11) is 0. The van der Waals surface area contributed by atoms with Crippen molar-refractivity contribution in [2.75, 3.05) is 5.32 Å². The van der Waals surface area contributed by atoms with Gasteiger partial charge in [0.05, 0.1) is 0 Å². The standard InChI is InChI=1S/C12H10N2O3S/c1-7(15)10-6-18-12(13-10)14-11(17)8-3-2-4-9(16)5-8/h2-6,16H,1H3,(H,13,14,17). The number of benzene rings is 1. The van der Waals surface area contributed by atoms with Crippen molar-refractivity contribution >= 4 is 28.2 Å². The zero-order valence-electron chi connectivity index (χ0n) is 9.51. The number of amides is 1. The molecule has 0 unspecified atom stereocenters. The molecule has 0 aliphatic rings. The molecule has 0 spiro atoms. The molecule has 5 nitrogen and oxygen atoms in total. The molecule has 0 aliphatic carbocycles. The lowest BCUT2D eigenvalue weighted by molar-refractivity contribution is 0.100. The molecule has 0 atom stereocenters. The average molecular weight is 262 g/mol. The van der Waals surface area contributed by atoms with Gasteiger partial charge in [-0.2, -0.15) is 0 Å². The summed E-state index contributed by atoms with van der Waals surface area (Å²) in [6.07, 6.45) is 0. The Balaban J connectivity index is 2.13. The summed E-state index contributed by atoms with van der Waals surface area (Å²) in [4.78, 5) is 26.8. The van der Waals surface area contributed by atoms with E-state index in [-0.39, 0.29) is 17.4 Å². The second kappa shape index (κ2) is 4.97. The van der Waals surface area contributed by atoms with Gasteiger partial charge in [0.25, 0.3) is 5.91 Å². The number of thiazole rings is 1. The number of ketones is 1. The number of phenolic OH excluding ortho intramolecular Hbond substituents is 1. The molecule has 18 heavy (non-hydrogen) atoms. The maximum atomic E-state index is 11.8. The first kappa shape index (κ1) is 12.3. The molecule has 2 rings (SSSR count). The maximum absolute atomic E-state index is 11.8. The lowest BCUT2D eigenvalue weighted by atomic mass is 10.2. The summed E-state index contributed by atoms with van der Waals surface area (Å²) in [6, 6.07) is 5.99. The van der Waals surface area contributed by atoms with E-state index in [0.717, 1.165) is 0 Å². The van der Waals surface area contributed by atoms with E-state index in [1.165, 1.54) is 30.4 Å². The van der Waals surface area contributed by atoms with Gasteiger partial charge in [-0.05, 0) is 18.2 Å². The first-order valence-electron chi connectivity index (χ1n) is 5.13. The summed E-state index contributed by atoms with van der Waals surface area (Å²) in [5, 5.41) is 13.8. The number of anilines is 1. The zero-order chi connectivity index (χ0) is 13.1. The van der Waals surface area contributed by atoms with E-state index in [1.807, 2.05) is 0 Å². The van der Waals surface area contributed by atoms with Crippen molar-refractivity contribution in [3.8, 4) is 5.75 Å². The Morgan fingerprint density at radius 3 is 2.78 bits per heavy atom. The highest BCUT2D eigenvalue weighted by atomic mass is 32.1. The van der Waals surface area contributed by atoms with Gasteiger partial charge in [0, 0.05) is 17.9 Å². The summed E-state index contributed by atoms with van der Waals surface area (Å²) < 4.78 is 0. The molecule has 0 saturated heterocycles. The molecule has 1 aromatic carbocycles. The normalized spacial score (nSPS) is 10.1. The molecule has 0 bridgehead atoms. The number of phenols is 1. The van der Waals surface area contributed by atoms with Crippen molar-refractivity contribution in [2.45, 2.75) is 6.92 Å². The fourth-order valence-corrected chi connectivity index (χ4v) is 2.05. The third kappa shape index (κ3) is 2.72. The number of carbonyl (C=O) groups excluding carboxylic acids is 2. The van der Waals surface area contributed by atoms with E-state index in [0.29, 0.717) is 16.4 Å². The number of hydrogen-bond donors (Lipinski definition) is 2. The SMILES string of the molecule is CC(=O)c1csc(NC(=O)c2cccc(O)c2)n1. The highest BCUT2D eigenvalue weighted by Crippen LogP contribution is 2.18. The van der Waals surface area contributed by atoms with Crippen LogP contribution in [0.3, 0.4) is 0 Å². The third-order valence-electron chi connectivity index (χ3n) is 2.19.